The van der Waals surface area contributed by atoms with Crippen LogP contribution in [-0.2, 0) is 30.0 Å². The number of anilines is 1. The molecule has 3 heterocycles. The maximum absolute atomic E-state index is 12.4. The van der Waals surface area contributed by atoms with Crippen molar-refractivity contribution in [2.24, 2.45) is 7.05 Å². The van der Waals surface area contributed by atoms with E-state index in [4.69, 9.17) is 0 Å². The molecule has 0 fully saturated rings. The standard InChI is InChI=1S/C16H17N5O2S/c1-20-10-16(18-11-20)24(22,23)19-13-5-2-4-12(8-13)14-9-17-15-6-3-7-21(14)15/h2,4-5,8-11,19H,3,6-7H2,1H3. The Morgan fingerprint density at radius 2 is 2.12 bits per heavy atom. The monoisotopic (exact) mass is 343 g/mol. The largest absolute Gasteiger partial charge is 0.339 e. The Morgan fingerprint density at radius 1 is 1.25 bits per heavy atom. The van der Waals surface area contributed by atoms with E-state index in [2.05, 4.69) is 19.3 Å². The summed E-state index contributed by atoms with van der Waals surface area (Å²) in [4.78, 5) is 8.34. The summed E-state index contributed by atoms with van der Waals surface area (Å²) in [6, 6.07) is 7.34. The molecule has 0 radical (unpaired) electrons. The van der Waals surface area contributed by atoms with Crippen molar-refractivity contribution in [2.45, 2.75) is 24.4 Å². The summed E-state index contributed by atoms with van der Waals surface area (Å²) in [7, 11) is -1.96. The van der Waals surface area contributed by atoms with Crippen molar-refractivity contribution in [3.05, 3.63) is 48.8 Å². The van der Waals surface area contributed by atoms with E-state index in [1.165, 1.54) is 12.5 Å². The van der Waals surface area contributed by atoms with Crippen LogP contribution in [0, 0.1) is 0 Å². The second kappa shape index (κ2) is 5.48. The maximum Gasteiger partial charge on any atom is 0.280 e. The van der Waals surface area contributed by atoms with Gasteiger partial charge in [0.2, 0.25) is 0 Å². The highest BCUT2D eigenvalue weighted by Gasteiger charge is 2.19. The Morgan fingerprint density at radius 3 is 2.92 bits per heavy atom. The van der Waals surface area contributed by atoms with Crippen LogP contribution in [0.3, 0.4) is 0 Å². The third-order valence-electron chi connectivity index (χ3n) is 4.09. The number of hydrogen-bond acceptors (Lipinski definition) is 4. The van der Waals surface area contributed by atoms with Gasteiger partial charge in [-0.1, -0.05) is 12.1 Å². The minimum Gasteiger partial charge on any atom is -0.339 e. The first kappa shape index (κ1) is 14.9. The molecule has 8 heteroatoms. The van der Waals surface area contributed by atoms with Gasteiger partial charge in [-0.25, -0.2) is 9.97 Å². The number of benzene rings is 1. The fourth-order valence-corrected chi connectivity index (χ4v) is 4.00. The zero-order valence-corrected chi connectivity index (χ0v) is 14.0. The quantitative estimate of drug-likeness (QED) is 0.786. The first-order chi connectivity index (χ1) is 11.5. The Hall–Kier alpha value is -2.61. The molecule has 0 amide bonds. The topological polar surface area (TPSA) is 81.8 Å². The highest BCUT2D eigenvalue weighted by atomic mass is 32.2. The van der Waals surface area contributed by atoms with E-state index in [9.17, 15) is 8.42 Å². The van der Waals surface area contributed by atoms with Crippen LogP contribution in [0.2, 0.25) is 0 Å². The number of imidazole rings is 2. The first-order valence-corrected chi connectivity index (χ1v) is 9.17. The summed E-state index contributed by atoms with van der Waals surface area (Å²) < 4.78 is 31.2. The van der Waals surface area contributed by atoms with Gasteiger partial charge in [0.1, 0.15) is 5.82 Å². The van der Waals surface area contributed by atoms with E-state index in [0.717, 1.165) is 36.5 Å². The number of fused-ring (bicyclic) bond motifs is 1. The number of nitrogens with one attached hydrogen (secondary N) is 1. The molecular weight excluding hydrogens is 326 g/mol. The lowest BCUT2D eigenvalue weighted by atomic mass is 10.1. The Kier molecular flexibility index (Phi) is 3.42. The van der Waals surface area contributed by atoms with Crippen molar-refractivity contribution in [1.29, 1.82) is 0 Å². The van der Waals surface area contributed by atoms with Crippen LogP contribution in [-0.4, -0.2) is 27.5 Å². The minimum absolute atomic E-state index is 0.000600. The SMILES string of the molecule is Cn1cnc(S(=O)(=O)Nc2cccc(-c3cnc4n3CCC4)c2)c1. The lowest BCUT2D eigenvalue weighted by molar-refractivity contribution is 0.598. The van der Waals surface area contributed by atoms with Crippen molar-refractivity contribution in [3.63, 3.8) is 0 Å². The van der Waals surface area contributed by atoms with Gasteiger partial charge in [-0.3, -0.25) is 4.72 Å². The molecule has 1 N–H and O–H groups in total. The molecule has 24 heavy (non-hydrogen) atoms. The Labute approximate surface area is 140 Å². The number of nitrogens with zero attached hydrogens (tertiary/aromatic N) is 4. The van der Waals surface area contributed by atoms with Gasteiger partial charge in [-0.05, 0) is 18.6 Å². The molecule has 124 valence electrons. The van der Waals surface area contributed by atoms with Gasteiger partial charge in [0.15, 0.2) is 5.03 Å². The Balaban J connectivity index is 1.66. The molecule has 4 rings (SSSR count). The van der Waals surface area contributed by atoms with Gasteiger partial charge < -0.3 is 9.13 Å². The Bertz CT molecular complexity index is 1000. The molecule has 2 aromatic heterocycles. The number of sulfonamides is 1. The lowest BCUT2D eigenvalue weighted by Crippen LogP contribution is -2.13. The predicted molar refractivity (Wildman–Crippen MR) is 90.0 cm³/mol. The van der Waals surface area contributed by atoms with Crippen molar-refractivity contribution < 1.29 is 8.42 Å². The van der Waals surface area contributed by atoms with Gasteiger partial charge >= 0.3 is 0 Å². The zero-order valence-electron chi connectivity index (χ0n) is 13.2. The van der Waals surface area contributed by atoms with Gasteiger partial charge in [0.05, 0.1) is 18.2 Å². The molecular formula is C16H17N5O2S. The van der Waals surface area contributed by atoms with E-state index in [1.54, 1.807) is 17.7 Å². The summed E-state index contributed by atoms with van der Waals surface area (Å²) in [5.41, 5.74) is 2.46. The molecule has 0 saturated heterocycles. The molecule has 0 atom stereocenters. The molecule has 0 aliphatic carbocycles. The summed E-state index contributed by atoms with van der Waals surface area (Å²) in [5.74, 6) is 1.09. The van der Waals surface area contributed by atoms with E-state index in [1.807, 2.05) is 24.4 Å². The van der Waals surface area contributed by atoms with E-state index in [-0.39, 0.29) is 5.03 Å². The highest BCUT2D eigenvalue weighted by Crippen LogP contribution is 2.28. The maximum atomic E-state index is 12.4. The molecule has 0 spiro atoms. The van der Waals surface area contributed by atoms with Crippen LogP contribution in [0.15, 0.2) is 48.0 Å². The second-order valence-electron chi connectivity index (χ2n) is 5.88. The van der Waals surface area contributed by atoms with Crippen LogP contribution in [0.25, 0.3) is 11.3 Å². The number of hydrogen-bond donors (Lipinski definition) is 1. The van der Waals surface area contributed by atoms with Gasteiger partial charge in [-0.2, -0.15) is 8.42 Å². The van der Waals surface area contributed by atoms with Crippen molar-refractivity contribution in [3.8, 4) is 11.3 Å². The summed E-state index contributed by atoms with van der Waals surface area (Å²) in [5, 5.41) is 0.000600. The average molecular weight is 343 g/mol. The normalized spacial score (nSPS) is 13.9. The molecule has 0 unspecified atom stereocenters. The van der Waals surface area contributed by atoms with Crippen LogP contribution in [0.5, 0.6) is 0 Å². The van der Waals surface area contributed by atoms with Crippen molar-refractivity contribution in [2.75, 3.05) is 4.72 Å². The van der Waals surface area contributed by atoms with Crippen LogP contribution in [0.1, 0.15) is 12.2 Å². The molecule has 1 aliphatic rings. The molecule has 1 aliphatic heterocycles. The fourth-order valence-electron chi connectivity index (χ4n) is 2.97. The molecule has 7 nitrogen and oxygen atoms in total. The van der Waals surface area contributed by atoms with E-state index >= 15 is 0 Å². The molecule has 0 bridgehead atoms. The third kappa shape index (κ3) is 2.58. The average Bonchev–Trinajstić information content (AvgIpc) is 3.22. The second-order valence-corrected chi connectivity index (χ2v) is 7.51. The molecule has 0 saturated carbocycles. The number of aromatic nitrogens is 4. The fraction of sp³-hybridized carbons (Fsp3) is 0.250. The van der Waals surface area contributed by atoms with Gasteiger partial charge in [0.25, 0.3) is 10.0 Å². The smallest absolute Gasteiger partial charge is 0.280 e. The highest BCUT2D eigenvalue weighted by molar-refractivity contribution is 7.92. The van der Waals surface area contributed by atoms with Crippen LogP contribution in [0.4, 0.5) is 5.69 Å². The molecule has 1 aromatic carbocycles. The third-order valence-corrected chi connectivity index (χ3v) is 5.35. The summed E-state index contributed by atoms with van der Waals surface area (Å²) in [6.07, 6.45) is 6.87. The molecule has 3 aromatic rings. The summed E-state index contributed by atoms with van der Waals surface area (Å²) >= 11 is 0. The summed E-state index contributed by atoms with van der Waals surface area (Å²) in [6.45, 7) is 0.953. The van der Waals surface area contributed by atoms with Crippen LogP contribution >= 0.6 is 0 Å². The van der Waals surface area contributed by atoms with Gasteiger partial charge in [0, 0.05) is 37.5 Å². The van der Waals surface area contributed by atoms with Crippen LogP contribution < -0.4 is 4.72 Å². The van der Waals surface area contributed by atoms with Gasteiger partial charge in [-0.15, -0.1) is 0 Å². The number of aryl methyl sites for hydroxylation is 2. The number of rotatable bonds is 4. The van der Waals surface area contributed by atoms with Crippen molar-refractivity contribution >= 4 is 15.7 Å². The lowest BCUT2D eigenvalue weighted by Gasteiger charge is -2.09. The van der Waals surface area contributed by atoms with E-state index in [0.29, 0.717) is 5.69 Å². The van der Waals surface area contributed by atoms with E-state index < -0.39 is 10.0 Å². The minimum atomic E-state index is -3.69. The zero-order chi connectivity index (χ0) is 16.7. The predicted octanol–water partition coefficient (Wildman–Crippen LogP) is 2.03. The van der Waals surface area contributed by atoms with Crippen molar-refractivity contribution in [1.82, 2.24) is 19.1 Å². The first-order valence-electron chi connectivity index (χ1n) is 7.68.